The zero-order valence-electron chi connectivity index (χ0n) is 17.5. The number of aliphatic imine (C=N–C) groups is 1. The average Bonchev–Trinajstić information content (AvgIpc) is 3.01. The van der Waals surface area contributed by atoms with E-state index < -0.39 is 0 Å². The molecule has 7 nitrogen and oxygen atoms in total. The molecule has 28 heavy (non-hydrogen) atoms. The number of aromatic nitrogens is 2. The topological polar surface area (TPSA) is 78.6 Å². The first kappa shape index (κ1) is 20.2. The Bertz CT molecular complexity index is 755. The highest BCUT2D eigenvalue weighted by atomic mass is 16.5. The van der Waals surface area contributed by atoms with Gasteiger partial charge in [0, 0.05) is 44.0 Å². The molecule has 0 spiro atoms. The number of hydrogen-bond donors (Lipinski definition) is 2. The lowest BCUT2D eigenvalue weighted by atomic mass is 10.1. The summed E-state index contributed by atoms with van der Waals surface area (Å²) >= 11 is 0. The molecule has 0 saturated carbocycles. The quantitative estimate of drug-likeness (QED) is 0.589. The predicted molar refractivity (Wildman–Crippen MR) is 113 cm³/mol. The molecule has 3 heterocycles. The minimum atomic E-state index is 0.429. The van der Waals surface area contributed by atoms with Crippen LogP contribution in [0, 0.1) is 20.8 Å². The summed E-state index contributed by atoms with van der Waals surface area (Å²) in [4.78, 5) is 11.7. The molecule has 0 atom stereocenters. The van der Waals surface area contributed by atoms with Crippen LogP contribution in [0.3, 0.4) is 0 Å². The van der Waals surface area contributed by atoms with E-state index in [4.69, 9.17) is 9.52 Å². The summed E-state index contributed by atoms with van der Waals surface area (Å²) in [5.74, 6) is 2.85. The van der Waals surface area contributed by atoms with Crippen LogP contribution in [-0.2, 0) is 6.42 Å². The van der Waals surface area contributed by atoms with Gasteiger partial charge in [-0.2, -0.15) is 0 Å². The second-order valence-electron chi connectivity index (χ2n) is 7.41. The van der Waals surface area contributed by atoms with Gasteiger partial charge in [0.15, 0.2) is 5.96 Å². The van der Waals surface area contributed by atoms with Crippen molar-refractivity contribution >= 4 is 11.8 Å². The number of piperidine rings is 1. The van der Waals surface area contributed by atoms with E-state index in [-0.39, 0.29) is 0 Å². The largest absolute Gasteiger partial charge is 0.361 e. The minimum absolute atomic E-state index is 0.429. The smallest absolute Gasteiger partial charge is 0.191 e. The van der Waals surface area contributed by atoms with Gasteiger partial charge in [0.1, 0.15) is 11.6 Å². The highest BCUT2D eigenvalue weighted by Crippen LogP contribution is 2.18. The molecule has 2 aromatic rings. The Balaban J connectivity index is 1.51. The van der Waals surface area contributed by atoms with Crippen LogP contribution in [0.1, 0.15) is 42.3 Å². The van der Waals surface area contributed by atoms with Crippen LogP contribution in [0.15, 0.2) is 27.8 Å². The maximum Gasteiger partial charge on any atom is 0.191 e. The maximum atomic E-state index is 5.24. The van der Waals surface area contributed by atoms with Gasteiger partial charge in [-0.1, -0.05) is 11.2 Å². The van der Waals surface area contributed by atoms with Crippen LogP contribution in [0.5, 0.6) is 0 Å². The van der Waals surface area contributed by atoms with E-state index in [0.717, 1.165) is 62.1 Å². The highest BCUT2D eigenvalue weighted by Gasteiger charge is 2.21. The molecular formula is C21H32N6O. The number of pyridine rings is 1. The van der Waals surface area contributed by atoms with Crippen LogP contribution >= 0.6 is 0 Å². The SMILES string of the molecule is CCNC(=NCCc1c(C)noc1C)NC1CCN(c2ccc(C)cn2)CC1. The molecule has 0 aliphatic carbocycles. The van der Waals surface area contributed by atoms with Crippen molar-refractivity contribution in [2.24, 2.45) is 4.99 Å². The van der Waals surface area contributed by atoms with Crippen molar-refractivity contribution in [3.63, 3.8) is 0 Å². The van der Waals surface area contributed by atoms with Crippen LogP contribution in [0.25, 0.3) is 0 Å². The second kappa shape index (κ2) is 9.57. The predicted octanol–water partition coefficient (Wildman–Crippen LogP) is 2.76. The van der Waals surface area contributed by atoms with Gasteiger partial charge < -0.3 is 20.1 Å². The number of aryl methyl sites for hydroxylation is 3. The van der Waals surface area contributed by atoms with Crippen molar-refractivity contribution in [3.05, 3.63) is 40.9 Å². The van der Waals surface area contributed by atoms with Crippen molar-refractivity contribution in [3.8, 4) is 0 Å². The summed E-state index contributed by atoms with van der Waals surface area (Å²) in [5, 5.41) is 11.0. The molecule has 7 heteroatoms. The molecule has 0 unspecified atom stereocenters. The molecule has 1 aliphatic heterocycles. The van der Waals surface area contributed by atoms with E-state index >= 15 is 0 Å². The van der Waals surface area contributed by atoms with Crippen molar-refractivity contribution in [2.45, 2.75) is 53.0 Å². The van der Waals surface area contributed by atoms with E-state index in [1.165, 1.54) is 11.1 Å². The zero-order valence-corrected chi connectivity index (χ0v) is 17.5. The molecular weight excluding hydrogens is 352 g/mol. The fourth-order valence-corrected chi connectivity index (χ4v) is 3.55. The number of guanidine groups is 1. The number of nitrogens with zero attached hydrogens (tertiary/aromatic N) is 4. The first-order chi connectivity index (χ1) is 13.6. The van der Waals surface area contributed by atoms with E-state index in [2.05, 4.69) is 51.7 Å². The summed E-state index contributed by atoms with van der Waals surface area (Å²) in [6, 6.07) is 4.67. The Morgan fingerprint density at radius 3 is 2.64 bits per heavy atom. The van der Waals surface area contributed by atoms with Gasteiger partial charge in [0.25, 0.3) is 0 Å². The molecule has 0 bridgehead atoms. The van der Waals surface area contributed by atoms with Gasteiger partial charge in [0.05, 0.1) is 5.69 Å². The third-order valence-electron chi connectivity index (χ3n) is 5.21. The lowest BCUT2D eigenvalue weighted by Crippen LogP contribution is -2.49. The van der Waals surface area contributed by atoms with Crippen LogP contribution in [0.2, 0.25) is 0 Å². The average molecular weight is 385 g/mol. The van der Waals surface area contributed by atoms with Crippen LogP contribution in [0.4, 0.5) is 5.82 Å². The molecule has 0 amide bonds. The van der Waals surface area contributed by atoms with E-state index in [0.29, 0.717) is 12.6 Å². The van der Waals surface area contributed by atoms with Gasteiger partial charge in [-0.3, -0.25) is 4.99 Å². The lowest BCUT2D eigenvalue weighted by Gasteiger charge is -2.33. The molecule has 1 saturated heterocycles. The van der Waals surface area contributed by atoms with Crippen molar-refractivity contribution in [2.75, 3.05) is 31.1 Å². The van der Waals surface area contributed by atoms with E-state index in [9.17, 15) is 0 Å². The molecule has 1 aliphatic rings. The maximum absolute atomic E-state index is 5.24. The monoisotopic (exact) mass is 384 g/mol. The summed E-state index contributed by atoms with van der Waals surface area (Å²) in [7, 11) is 0. The number of hydrogen-bond acceptors (Lipinski definition) is 5. The standard InChI is InChI=1S/C21H32N6O/c1-5-22-21(23-11-8-19-16(3)26-28-17(19)4)25-18-9-12-27(13-10-18)20-7-6-15(2)14-24-20/h6-7,14,18H,5,8-13H2,1-4H3,(H2,22,23,25). The number of rotatable bonds is 6. The minimum Gasteiger partial charge on any atom is -0.361 e. The highest BCUT2D eigenvalue weighted by molar-refractivity contribution is 5.80. The molecule has 2 N–H and O–H groups in total. The normalized spacial score (nSPS) is 15.7. The molecule has 3 rings (SSSR count). The molecule has 2 aromatic heterocycles. The van der Waals surface area contributed by atoms with E-state index in [1.807, 2.05) is 20.0 Å². The Labute approximate surface area is 167 Å². The van der Waals surface area contributed by atoms with Crippen LogP contribution < -0.4 is 15.5 Å². The summed E-state index contributed by atoms with van der Waals surface area (Å²) in [5.41, 5.74) is 3.32. The van der Waals surface area contributed by atoms with Gasteiger partial charge in [-0.05, 0) is 58.6 Å². The fourth-order valence-electron chi connectivity index (χ4n) is 3.55. The van der Waals surface area contributed by atoms with Gasteiger partial charge in [0.2, 0.25) is 0 Å². The Morgan fingerprint density at radius 2 is 2.04 bits per heavy atom. The summed E-state index contributed by atoms with van der Waals surface area (Å²) in [6.45, 7) is 11.7. The number of anilines is 1. The van der Waals surface area contributed by atoms with Crippen molar-refractivity contribution in [1.82, 2.24) is 20.8 Å². The zero-order chi connectivity index (χ0) is 19.9. The molecule has 0 aromatic carbocycles. The molecule has 152 valence electrons. The van der Waals surface area contributed by atoms with Crippen molar-refractivity contribution in [1.29, 1.82) is 0 Å². The van der Waals surface area contributed by atoms with Gasteiger partial charge in [-0.15, -0.1) is 0 Å². The van der Waals surface area contributed by atoms with Crippen molar-refractivity contribution < 1.29 is 4.52 Å². The molecule has 0 radical (unpaired) electrons. The summed E-state index contributed by atoms with van der Waals surface area (Å²) < 4.78 is 5.24. The number of nitrogens with one attached hydrogen (secondary N) is 2. The molecule has 1 fully saturated rings. The third-order valence-corrected chi connectivity index (χ3v) is 5.21. The second-order valence-corrected chi connectivity index (χ2v) is 7.41. The van der Waals surface area contributed by atoms with Gasteiger partial charge in [-0.25, -0.2) is 4.98 Å². The Morgan fingerprint density at radius 1 is 1.25 bits per heavy atom. The van der Waals surface area contributed by atoms with Gasteiger partial charge >= 0.3 is 0 Å². The van der Waals surface area contributed by atoms with E-state index in [1.54, 1.807) is 0 Å². The third kappa shape index (κ3) is 5.24. The first-order valence-electron chi connectivity index (χ1n) is 10.2. The van der Waals surface area contributed by atoms with Crippen LogP contribution in [-0.4, -0.2) is 48.3 Å². The first-order valence-corrected chi connectivity index (χ1v) is 10.2. The lowest BCUT2D eigenvalue weighted by molar-refractivity contribution is 0.392. The fraction of sp³-hybridized carbons (Fsp3) is 0.571. The summed E-state index contributed by atoms with van der Waals surface area (Å²) in [6.07, 6.45) is 4.93. The Kier molecular flexibility index (Phi) is 6.90. The Hall–Kier alpha value is -2.57.